The molecule has 1 amide bonds. The topological polar surface area (TPSA) is 115 Å². The summed E-state index contributed by atoms with van der Waals surface area (Å²) in [6.07, 6.45) is 1.85. The molecule has 1 aliphatic heterocycles. The Kier molecular flexibility index (Phi) is 5.50. The molecule has 2 heterocycles. The van der Waals surface area contributed by atoms with Crippen molar-refractivity contribution in [3.8, 4) is 17.2 Å². The van der Waals surface area contributed by atoms with E-state index in [1.54, 1.807) is 30.3 Å². The van der Waals surface area contributed by atoms with E-state index in [-0.39, 0.29) is 16.2 Å². The lowest BCUT2D eigenvalue weighted by molar-refractivity contribution is 0.102. The lowest BCUT2D eigenvalue weighted by Crippen LogP contribution is -2.29. The second-order valence-electron chi connectivity index (χ2n) is 7.60. The fourth-order valence-corrected chi connectivity index (χ4v) is 5.47. The Balaban J connectivity index is 1.46. The highest BCUT2D eigenvalue weighted by Gasteiger charge is 2.31. The number of sulfonamides is 1. The predicted octanol–water partition coefficient (Wildman–Crippen LogP) is 3.75. The molecule has 172 valence electrons. The van der Waals surface area contributed by atoms with Crippen molar-refractivity contribution in [3.63, 3.8) is 0 Å². The van der Waals surface area contributed by atoms with Crippen LogP contribution in [0.15, 0.2) is 82.4 Å². The normalized spacial score (nSPS) is 12.9. The summed E-state index contributed by atoms with van der Waals surface area (Å²) in [6.45, 7) is 0.345. The fourth-order valence-electron chi connectivity index (χ4n) is 3.94. The summed E-state index contributed by atoms with van der Waals surface area (Å²) in [6, 6.07) is 18.6. The van der Waals surface area contributed by atoms with Gasteiger partial charge in [-0.2, -0.15) is 0 Å². The second kappa shape index (κ2) is 8.64. The Morgan fingerprint density at radius 3 is 2.74 bits per heavy atom. The van der Waals surface area contributed by atoms with Gasteiger partial charge in [0.05, 0.1) is 23.3 Å². The summed E-state index contributed by atoms with van der Waals surface area (Å²) < 4.78 is 38.8. The number of benzene rings is 3. The highest BCUT2D eigenvalue weighted by Crippen LogP contribution is 2.34. The Morgan fingerprint density at radius 2 is 1.94 bits per heavy atom. The third-order valence-electron chi connectivity index (χ3n) is 5.58. The Hall–Kier alpha value is -4.18. The molecule has 10 heteroatoms. The van der Waals surface area contributed by atoms with Crippen molar-refractivity contribution in [2.45, 2.75) is 11.3 Å². The summed E-state index contributed by atoms with van der Waals surface area (Å²) >= 11 is 0. The van der Waals surface area contributed by atoms with Crippen LogP contribution < -0.4 is 14.4 Å². The molecule has 0 aliphatic carbocycles. The van der Waals surface area contributed by atoms with Crippen LogP contribution in [-0.4, -0.2) is 38.2 Å². The minimum atomic E-state index is -3.87. The van der Waals surface area contributed by atoms with Crippen LogP contribution in [0.4, 0.5) is 11.4 Å². The summed E-state index contributed by atoms with van der Waals surface area (Å²) in [7, 11) is -2.45. The van der Waals surface area contributed by atoms with E-state index in [1.165, 1.54) is 36.0 Å². The zero-order valence-electron chi connectivity index (χ0n) is 18.1. The zero-order valence-corrected chi connectivity index (χ0v) is 19.0. The van der Waals surface area contributed by atoms with E-state index in [0.717, 1.165) is 5.56 Å². The monoisotopic (exact) mass is 476 g/mol. The van der Waals surface area contributed by atoms with Crippen LogP contribution in [0.3, 0.4) is 0 Å². The van der Waals surface area contributed by atoms with Crippen molar-refractivity contribution in [1.29, 1.82) is 0 Å². The molecule has 0 bridgehead atoms. The van der Waals surface area contributed by atoms with Gasteiger partial charge in [-0.05, 0) is 54.4 Å². The van der Waals surface area contributed by atoms with E-state index in [9.17, 15) is 13.2 Å². The van der Waals surface area contributed by atoms with E-state index in [1.807, 2.05) is 18.2 Å². The number of nitrogens with one attached hydrogen (secondary N) is 1. The molecule has 1 aliphatic rings. The summed E-state index contributed by atoms with van der Waals surface area (Å²) in [5.74, 6) is 0.0531. The molecule has 1 N–H and O–H groups in total. The van der Waals surface area contributed by atoms with Crippen molar-refractivity contribution in [1.82, 2.24) is 10.2 Å². The number of nitrogens with zero attached hydrogens (tertiary/aromatic N) is 3. The molecule has 0 spiro atoms. The van der Waals surface area contributed by atoms with Gasteiger partial charge in [0.25, 0.3) is 15.9 Å². The standard InChI is InChI=1S/C24H20N4O5S/c1-32-22-10-9-19(34(30,31)28-12-11-16-5-2-3-8-21(16)28)14-20(22)23(29)26-18-7-4-6-17(13-18)24-27-25-15-33-24/h2-10,13-15H,11-12H2,1H3,(H,26,29). The molecular formula is C24H20N4O5S. The molecule has 9 nitrogen and oxygen atoms in total. The van der Waals surface area contributed by atoms with Gasteiger partial charge in [-0.1, -0.05) is 24.3 Å². The molecule has 0 saturated carbocycles. The maximum absolute atomic E-state index is 13.4. The molecule has 34 heavy (non-hydrogen) atoms. The van der Waals surface area contributed by atoms with Crippen LogP contribution in [0.25, 0.3) is 11.5 Å². The minimum absolute atomic E-state index is 0.00904. The van der Waals surface area contributed by atoms with Crippen molar-refractivity contribution in [3.05, 3.63) is 84.3 Å². The number of carbonyl (C=O) groups excluding carboxylic acids is 1. The van der Waals surface area contributed by atoms with Gasteiger partial charge in [0, 0.05) is 17.8 Å². The van der Waals surface area contributed by atoms with Crippen LogP contribution in [0.5, 0.6) is 5.75 Å². The van der Waals surface area contributed by atoms with E-state index < -0.39 is 15.9 Å². The summed E-state index contributed by atoms with van der Waals surface area (Å²) in [5, 5.41) is 10.3. The number of fused-ring (bicyclic) bond motifs is 1. The lowest BCUT2D eigenvalue weighted by Gasteiger charge is -2.20. The van der Waals surface area contributed by atoms with Gasteiger partial charge in [-0.25, -0.2) is 8.42 Å². The molecule has 0 saturated heterocycles. The minimum Gasteiger partial charge on any atom is -0.496 e. The molecule has 1 aromatic heterocycles. The number of para-hydroxylation sites is 1. The molecule has 5 rings (SSSR count). The summed E-state index contributed by atoms with van der Waals surface area (Å²) in [4.78, 5) is 13.1. The average molecular weight is 477 g/mol. The zero-order chi connectivity index (χ0) is 23.7. The van der Waals surface area contributed by atoms with Gasteiger partial charge in [0.15, 0.2) is 0 Å². The number of anilines is 2. The maximum Gasteiger partial charge on any atom is 0.264 e. The first kappa shape index (κ1) is 21.7. The number of aromatic nitrogens is 2. The van der Waals surface area contributed by atoms with Crippen LogP contribution in [0, 0.1) is 0 Å². The van der Waals surface area contributed by atoms with Crippen molar-refractivity contribution in [2.75, 3.05) is 23.3 Å². The van der Waals surface area contributed by atoms with E-state index in [2.05, 4.69) is 15.5 Å². The van der Waals surface area contributed by atoms with Crippen LogP contribution in [0.2, 0.25) is 0 Å². The van der Waals surface area contributed by atoms with Gasteiger partial charge in [0.1, 0.15) is 5.75 Å². The number of hydrogen-bond acceptors (Lipinski definition) is 7. The van der Waals surface area contributed by atoms with E-state index in [4.69, 9.17) is 9.15 Å². The van der Waals surface area contributed by atoms with Crippen molar-refractivity contribution >= 4 is 27.3 Å². The third kappa shape index (κ3) is 3.88. The lowest BCUT2D eigenvalue weighted by atomic mass is 10.1. The number of rotatable bonds is 6. The van der Waals surface area contributed by atoms with Gasteiger partial charge in [-0.3, -0.25) is 9.10 Å². The maximum atomic E-state index is 13.4. The number of carbonyl (C=O) groups is 1. The Morgan fingerprint density at radius 1 is 1.09 bits per heavy atom. The number of hydrogen-bond donors (Lipinski definition) is 1. The molecule has 0 atom stereocenters. The molecule has 0 radical (unpaired) electrons. The van der Waals surface area contributed by atoms with Gasteiger partial charge in [0.2, 0.25) is 12.3 Å². The smallest absolute Gasteiger partial charge is 0.264 e. The third-order valence-corrected chi connectivity index (χ3v) is 7.38. The molecule has 0 unspecified atom stereocenters. The van der Waals surface area contributed by atoms with Crippen LogP contribution >= 0.6 is 0 Å². The first-order chi connectivity index (χ1) is 16.5. The number of ether oxygens (including phenoxy) is 1. The average Bonchev–Trinajstić information content (AvgIpc) is 3.54. The Bertz CT molecular complexity index is 1470. The SMILES string of the molecule is COc1ccc(S(=O)(=O)N2CCc3ccccc32)cc1C(=O)Nc1cccc(-c2nnco2)c1. The largest absolute Gasteiger partial charge is 0.496 e. The molecule has 3 aromatic carbocycles. The first-order valence-electron chi connectivity index (χ1n) is 10.4. The second-order valence-corrected chi connectivity index (χ2v) is 9.46. The molecule has 4 aromatic rings. The quantitative estimate of drug-likeness (QED) is 0.451. The highest BCUT2D eigenvalue weighted by atomic mass is 32.2. The van der Waals surface area contributed by atoms with Gasteiger partial charge < -0.3 is 14.5 Å². The predicted molar refractivity (Wildman–Crippen MR) is 125 cm³/mol. The van der Waals surface area contributed by atoms with Crippen LogP contribution in [-0.2, 0) is 16.4 Å². The van der Waals surface area contributed by atoms with Crippen LogP contribution in [0.1, 0.15) is 15.9 Å². The number of methoxy groups -OCH3 is 1. The molecular weight excluding hydrogens is 456 g/mol. The van der Waals surface area contributed by atoms with E-state index >= 15 is 0 Å². The Labute approximate surface area is 196 Å². The highest BCUT2D eigenvalue weighted by molar-refractivity contribution is 7.92. The fraction of sp³-hybridized carbons (Fsp3) is 0.125. The van der Waals surface area contributed by atoms with Gasteiger partial charge in [-0.15, -0.1) is 10.2 Å². The summed E-state index contributed by atoms with van der Waals surface area (Å²) in [5.41, 5.74) is 2.83. The molecule has 0 fully saturated rings. The van der Waals surface area contributed by atoms with Gasteiger partial charge >= 0.3 is 0 Å². The van der Waals surface area contributed by atoms with Crippen molar-refractivity contribution in [2.24, 2.45) is 0 Å². The van der Waals surface area contributed by atoms with E-state index in [0.29, 0.717) is 35.8 Å². The number of amides is 1. The van der Waals surface area contributed by atoms with Crippen molar-refractivity contribution < 1.29 is 22.4 Å². The first-order valence-corrected chi connectivity index (χ1v) is 11.9.